The first-order chi connectivity index (χ1) is 10.2. The summed E-state index contributed by atoms with van der Waals surface area (Å²) in [5.41, 5.74) is 0. The summed E-state index contributed by atoms with van der Waals surface area (Å²) in [5.74, 6) is 2.53. The molecular weight excluding hydrogens is 352 g/mol. The number of hydrogen-bond donors (Lipinski definition) is 1. The fraction of sp³-hybridized carbons (Fsp3) is 0.625. The summed E-state index contributed by atoms with van der Waals surface area (Å²) < 4.78 is 6.83. The van der Waals surface area contributed by atoms with Crippen LogP contribution in [0.2, 0.25) is 5.02 Å². The number of benzene rings is 1. The highest BCUT2D eigenvalue weighted by molar-refractivity contribution is 9.10. The van der Waals surface area contributed by atoms with Crippen LogP contribution in [0.15, 0.2) is 22.7 Å². The Morgan fingerprint density at radius 3 is 3.05 bits per heavy atom. The molecule has 2 aliphatic heterocycles. The molecule has 0 aromatic heterocycles. The van der Waals surface area contributed by atoms with E-state index in [2.05, 4.69) is 33.1 Å². The molecular formula is C16H22BrClN2O. The van der Waals surface area contributed by atoms with Gasteiger partial charge < -0.3 is 10.1 Å². The molecule has 116 valence electrons. The van der Waals surface area contributed by atoms with E-state index in [9.17, 15) is 0 Å². The van der Waals surface area contributed by atoms with Crippen LogP contribution in [-0.2, 0) is 0 Å². The van der Waals surface area contributed by atoms with Crippen molar-refractivity contribution in [1.82, 2.24) is 10.2 Å². The van der Waals surface area contributed by atoms with Gasteiger partial charge in [0.2, 0.25) is 0 Å². The molecule has 0 aliphatic carbocycles. The zero-order valence-corrected chi connectivity index (χ0v) is 14.7. The molecule has 0 radical (unpaired) electrons. The van der Waals surface area contributed by atoms with Crippen molar-refractivity contribution < 1.29 is 4.74 Å². The van der Waals surface area contributed by atoms with Gasteiger partial charge in [-0.1, -0.05) is 18.5 Å². The number of rotatable bonds is 5. The van der Waals surface area contributed by atoms with Crippen LogP contribution in [0.25, 0.3) is 0 Å². The Hall–Kier alpha value is -0.290. The van der Waals surface area contributed by atoms with E-state index in [-0.39, 0.29) is 0 Å². The lowest BCUT2D eigenvalue weighted by Gasteiger charge is -2.26. The predicted octanol–water partition coefficient (Wildman–Crippen LogP) is 3.41. The van der Waals surface area contributed by atoms with E-state index in [1.165, 1.54) is 26.1 Å². The van der Waals surface area contributed by atoms with Gasteiger partial charge in [0.1, 0.15) is 12.4 Å². The Bertz CT molecular complexity index is 499. The van der Waals surface area contributed by atoms with E-state index in [0.29, 0.717) is 6.04 Å². The van der Waals surface area contributed by atoms with Gasteiger partial charge >= 0.3 is 0 Å². The van der Waals surface area contributed by atoms with Crippen LogP contribution in [0.5, 0.6) is 5.75 Å². The van der Waals surface area contributed by atoms with Crippen molar-refractivity contribution in [1.29, 1.82) is 0 Å². The van der Waals surface area contributed by atoms with Crippen LogP contribution in [0.1, 0.15) is 13.3 Å². The van der Waals surface area contributed by atoms with Crippen LogP contribution in [-0.4, -0.2) is 43.7 Å². The molecule has 2 heterocycles. The summed E-state index contributed by atoms with van der Waals surface area (Å²) in [5, 5.41) is 4.25. The summed E-state index contributed by atoms with van der Waals surface area (Å²) in [7, 11) is 0. The molecule has 1 N–H and O–H groups in total. The summed E-state index contributed by atoms with van der Waals surface area (Å²) in [6.07, 6.45) is 1.23. The quantitative estimate of drug-likeness (QED) is 0.856. The lowest BCUT2D eigenvalue weighted by atomic mass is 9.93. The second kappa shape index (κ2) is 6.86. The van der Waals surface area contributed by atoms with Gasteiger partial charge in [0.05, 0.1) is 4.47 Å². The predicted molar refractivity (Wildman–Crippen MR) is 90.1 cm³/mol. The molecule has 0 spiro atoms. The van der Waals surface area contributed by atoms with Crippen molar-refractivity contribution in [3.05, 3.63) is 27.7 Å². The van der Waals surface area contributed by atoms with Crippen LogP contribution in [0.4, 0.5) is 0 Å². The number of likely N-dealkylation sites (tertiary alicyclic amines) is 1. The van der Waals surface area contributed by atoms with E-state index in [1.807, 2.05) is 18.2 Å². The number of nitrogens with one attached hydrogen (secondary N) is 1. The average Bonchev–Trinajstić information content (AvgIpc) is 3.01. The van der Waals surface area contributed by atoms with E-state index in [4.69, 9.17) is 16.3 Å². The molecule has 3 nitrogen and oxygen atoms in total. The lowest BCUT2D eigenvalue weighted by molar-refractivity contribution is 0.176. The van der Waals surface area contributed by atoms with Gasteiger partial charge in [-0.3, -0.25) is 4.90 Å². The molecule has 2 saturated heterocycles. The molecule has 21 heavy (non-hydrogen) atoms. The van der Waals surface area contributed by atoms with Gasteiger partial charge in [0, 0.05) is 24.2 Å². The number of hydrogen-bond acceptors (Lipinski definition) is 3. The molecule has 2 fully saturated rings. The SMILES string of the molecule is CCC1C2CNCC2CN1CCOc1ccc(Cl)cc1Br. The van der Waals surface area contributed by atoms with Crippen LogP contribution in [0, 0.1) is 11.8 Å². The molecule has 0 bridgehead atoms. The smallest absolute Gasteiger partial charge is 0.133 e. The molecule has 5 heteroatoms. The van der Waals surface area contributed by atoms with Crippen molar-refractivity contribution in [2.75, 3.05) is 32.8 Å². The normalized spacial score (nSPS) is 28.8. The third kappa shape index (κ3) is 3.39. The fourth-order valence-electron chi connectivity index (χ4n) is 3.79. The minimum Gasteiger partial charge on any atom is -0.491 e. The summed E-state index contributed by atoms with van der Waals surface area (Å²) in [6, 6.07) is 6.37. The largest absolute Gasteiger partial charge is 0.491 e. The Morgan fingerprint density at radius 2 is 2.29 bits per heavy atom. The van der Waals surface area contributed by atoms with E-state index < -0.39 is 0 Å². The molecule has 2 aliphatic rings. The Labute approximate surface area is 140 Å². The Balaban J connectivity index is 1.53. The molecule has 0 saturated carbocycles. The molecule has 1 aromatic rings. The lowest BCUT2D eigenvalue weighted by Crippen LogP contribution is -2.37. The maximum Gasteiger partial charge on any atom is 0.133 e. The summed E-state index contributed by atoms with van der Waals surface area (Å²) in [6.45, 7) is 7.60. The standard InChI is InChI=1S/C16H22BrClN2O/c1-2-15-13-9-19-8-11(13)10-20(15)5-6-21-16-4-3-12(18)7-14(16)17/h3-4,7,11,13,15,19H,2,5-6,8-10H2,1H3. The first kappa shape index (κ1) is 15.6. The van der Waals surface area contributed by atoms with Crippen molar-refractivity contribution in [2.45, 2.75) is 19.4 Å². The van der Waals surface area contributed by atoms with Crippen molar-refractivity contribution >= 4 is 27.5 Å². The van der Waals surface area contributed by atoms with Gasteiger partial charge in [-0.15, -0.1) is 0 Å². The number of fused-ring (bicyclic) bond motifs is 1. The minimum absolute atomic E-state index is 0.710. The zero-order chi connectivity index (χ0) is 14.8. The third-order valence-electron chi connectivity index (χ3n) is 4.77. The van der Waals surface area contributed by atoms with Gasteiger partial charge in [-0.25, -0.2) is 0 Å². The number of nitrogens with zero attached hydrogens (tertiary/aromatic N) is 1. The van der Waals surface area contributed by atoms with Gasteiger partial charge in [-0.2, -0.15) is 0 Å². The second-order valence-corrected chi connectivity index (χ2v) is 7.27. The zero-order valence-electron chi connectivity index (χ0n) is 12.3. The van der Waals surface area contributed by atoms with E-state index in [1.54, 1.807) is 0 Å². The molecule has 3 rings (SSSR count). The molecule has 1 aromatic carbocycles. The van der Waals surface area contributed by atoms with Crippen molar-refractivity contribution in [2.24, 2.45) is 11.8 Å². The molecule has 3 unspecified atom stereocenters. The maximum absolute atomic E-state index is 5.95. The van der Waals surface area contributed by atoms with Crippen LogP contribution < -0.4 is 10.1 Å². The van der Waals surface area contributed by atoms with Gasteiger partial charge in [0.15, 0.2) is 0 Å². The highest BCUT2D eigenvalue weighted by atomic mass is 79.9. The Kier molecular flexibility index (Phi) is 5.10. The van der Waals surface area contributed by atoms with E-state index >= 15 is 0 Å². The monoisotopic (exact) mass is 372 g/mol. The Morgan fingerprint density at radius 1 is 1.43 bits per heavy atom. The van der Waals surface area contributed by atoms with Gasteiger partial charge in [-0.05, 0) is 65.5 Å². The summed E-state index contributed by atoms with van der Waals surface area (Å²) >= 11 is 9.44. The number of ether oxygens (including phenoxy) is 1. The highest BCUT2D eigenvalue weighted by Crippen LogP contribution is 2.34. The van der Waals surface area contributed by atoms with Crippen molar-refractivity contribution in [3.8, 4) is 5.75 Å². The minimum atomic E-state index is 0.710. The summed E-state index contributed by atoms with van der Waals surface area (Å²) in [4.78, 5) is 2.61. The second-order valence-electron chi connectivity index (χ2n) is 5.98. The van der Waals surface area contributed by atoms with Crippen LogP contribution >= 0.6 is 27.5 Å². The number of halogens is 2. The van der Waals surface area contributed by atoms with Crippen molar-refractivity contribution in [3.63, 3.8) is 0 Å². The van der Waals surface area contributed by atoms with Crippen LogP contribution in [0.3, 0.4) is 0 Å². The average molecular weight is 374 g/mol. The van der Waals surface area contributed by atoms with Gasteiger partial charge in [0.25, 0.3) is 0 Å². The first-order valence-corrected chi connectivity index (χ1v) is 8.88. The molecule has 3 atom stereocenters. The molecule has 0 amide bonds. The topological polar surface area (TPSA) is 24.5 Å². The highest BCUT2D eigenvalue weighted by Gasteiger charge is 2.42. The first-order valence-electron chi connectivity index (χ1n) is 7.71. The third-order valence-corrected chi connectivity index (χ3v) is 5.63. The van der Waals surface area contributed by atoms with E-state index in [0.717, 1.165) is 40.2 Å². The maximum atomic E-state index is 5.95. The fourth-order valence-corrected chi connectivity index (χ4v) is 4.59.